The lowest BCUT2D eigenvalue weighted by molar-refractivity contribution is 0.590. The fourth-order valence-electron chi connectivity index (χ4n) is 2.16. The highest BCUT2D eigenvalue weighted by molar-refractivity contribution is 7.98. The quantitative estimate of drug-likeness (QED) is 0.776. The highest BCUT2D eigenvalue weighted by Crippen LogP contribution is 2.27. The molecule has 1 atom stereocenters. The maximum Gasteiger partial charge on any atom is 0.0266 e. The van der Waals surface area contributed by atoms with Gasteiger partial charge in [0.05, 0.1) is 0 Å². The zero-order chi connectivity index (χ0) is 15.5. The third-order valence-electron chi connectivity index (χ3n) is 3.61. The van der Waals surface area contributed by atoms with Crippen LogP contribution in [0.3, 0.4) is 0 Å². The van der Waals surface area contributed by atoms with E-state index in [9.17, 15) is 0 Å². The topological polar surface area (TPSA) is 26.0 Å². The average molecular weight is 299 g/mol. The molecular formula is C19H25NS. The maximum absolute atomic E-state index is 5.94. The summed E-state index contributed by atoms with van der Waals surface area (Å²) in [7, 11) is 0. The van der Waals surface area contributed by atoms with Crippen LogP contribution >= 0.6 is 11.8 Å². The predicted octanol–water partition coefficient (Wildman–Crippen LogP) is 5.30. The van der Waals surface area contributed by atoms with E-state index in [1.54, 1.807) is 0 Å². The Morgan fingerprint density at radius 3 is 2.29 bits per heavy atom. The summed E-state index contributed by atoms with van der Waals surface area (Å²) in [4.78, 5) is 1.28. The number of thioether (sulfide) groups is 1. The Morgan fingerprint density at radius 2 is 1.71 bits per heavy atom. The molecule has 0 fully saturated rings. The molecule has 0 spiro atoms. The second-order valence-corrected chi connectivity index (χ2v) is 7.65. The second-order valence-electron chi connectivity index (χ2n) is 6.60. The highest BCUT2D eigenvalue weighted by Gasteiger charge is 2.12. The predicted molar refractivity (Wildman–Crippen MR) is 93.7 cm³/mol. The highest BCUT2D eigenvalue weighted by atomic mass is 32.2. The fraction of sp³-hybridized carbons (Fsp3) is 0.368. The molecule has 21 heavy (non-hydrogen) atoms. The number of hydrogen-bond acceptors (Lipinski definition) is 2. The van der Waals surface area contributed by atoms with Crippen molar-refractivity contribution in [3.8, 4) is 0 Å². The van der Waals surface area contributed by atoms with Gasteiger partial charge in [-0.25, -0.2) is 0 Å². The lowest BCUT2D eigenvalue weighted by Gasteiger charge is -2.19. The molecular weight excluding hydrogens is 274 g/mol. The first-order valence-corrected chi connectivity index (χ1v) is 8.42. The molecule has 0 aliphatic rings. The summed E-state index contributed by atoms with van der Waals surface area (Å²) in [5.74, 6) is 0.993. The third kappa shape index (κ3) is 4.62. The SMILES string of the molecule is CC(N)c1cccc(SCc2ccc(C(C)(C)C)cc2)c1. The van der Waals surface area contributed by atoms with Crippen LogP contribution in [0.2, 0.25) is 0 Å². The van der Waals surface area contributed by atoms with E-state index in [0.29, 0.717) is 0 Å². The molecule has 0 saturated carbocycles. The molecule has 1 nitrogen and oxygen atoms in total. The summed E-state index contributed by atoms with van der Waals surface area (Å²) >= 11 is 1.86. The summed E-state index contributed by atoms with van der Waals surface area (Å²) in [6, 6.07) is 17.6. The van der Waals surface area contributed by atoms with Gasteiger partial charge in [0.15, 0.2) is 0 Å². The van der Waals surface area contributed by atoms with Gasteiger partial charge in [-0.1, -0.05) is 57.2 Å². The Balaban J connectivity index is 2.01. The Morgan fingerprint density at radius 1 is 1.05 bits per heavy atom. The van der Waals surface area contributed by atoms with Gasteiger partial charge < -0.3 is 5.73 Å². The van der Waals surface area contributed by atoms with Crippen molar-refractivity contribution in [1.82, 2.24) is 0 Å². The van der Waals surface area contributed by atoms with Gasteiger partial charge in [0, 0.05) is 16.7 Å². The Bertz CT molecular complexity index is 579. The summed E-state index contributed by atoms with van der Waals surface area (Å²) in [6.07, 6.45) is 0. The van der Waals surface area contributed by atoms with Crippen LogP contribution in [0.25, 0.3) is 0 Å². The Labute approximate surface area is 133 Å². The number of benzene rings is 2. The van der Waals surface area contributed by atoms with Crippen molar-refractivity contribution in [2.45, 2.75) is 49.8 Å². The lowest BCUT2D eigenvalue weighted by Crippen LogP contribution is -2.10. The standard InChI is InChI=1S/C19H25NS/c1-14(20)16-6-5-7-18(12-16)21-13-15-8-10-17(11-9-15)19(2,3)4/h5-12,14H,13,20H2,1-4H3. The van der Waals surface area contributed by atoms with Crippen molar-refractivity contribution >= 4 is 11.8 Å². The van der Waals surface area contributed by atoms with Gasteiger partial charge in [-0.05, 0) is 41.2 Å². The number of nitrogens with two attached hydrogens (primary N) is 1. The molecule has 0 aromatic heterocycles. The van der Waals surface area contributed by atoms with Crippen molar-refractivity contribution in [3.63, 3.8) is 0 Å². The van der Waals surface area contributed by atoms with Crippen LogP contribution in [-0.4, -0.2) is 0 Å². The molecule has 0 aliphatic carbocycles. The van der Waals surface area contributed by atoms with E-state index in [1.165, 1.54) is 21.6 Å². The molecule has 2 aromatic carbocycles. The first-order chi connectivity index (χ1) is 9.86. The summed E-state index contributed by atoms with van der Waals surface area (Å²) in [6.45, 7) is 8.76. The van der Waals surface area contributed by atoms with E-state index in [2.05, 4.69) is 69.3 Å². The van der Waals surface area contributed by atoms with Gasteiger partial charge in [0.1, 0.15) is 0 Å². The maximum atomic E-state index is 5.94. The van der Waals surface area contributed by atoms with Crippen molar-refractivity contribution in [1.29, 1.82) is 0 Å². The van der Waals surface area contributed by atoms with E-state index < -0.39 is 0 Å². The van der Waals surface area contributed by atoms with E-state index in [0.717, 1.165) is 5.75 Å². The molecule has 1 unspecified atom stereocenters. The smallest absolute Gasteiger partial charge is 0.0266 e. The van der Waals surface area contributed by atoms with Gasteiger partial charge in [-0.2, -0.15) is 0 Å². The molecule has 0 bridgehead atoms. The van der Waals surface area contributed by atoms with Crippen molar-refractivity contribution in [2.75, 3.05) is 0 Å². The minimum atomic E-state index is 0.0941. The van der Waals surface area contributed by atoms with Gasteiger partial charge in [0.2, 0.25) is 0 Å². The largest absolute Gasteiger partial charge is 0.324 e. The lowest BCUT2D eigenvalue weighted by atomic mass is 9.87. The molecule has 2 aromatic rings. The van der Waals surface area contributed by atoms with Gasteiger partial charge in [0.25, 0.3) is 0 Å². The molecule has 2 N–H and O–H groups in total. The van der Waals surface area contributed by atoms with E-state index >= 15 is 0 Å². The molecule has 2 rings (SSSR count). The average Bonchev–Trinajstić information content (AvgIpc) is 2.45. The molecule has 0 aliphatic heterocycles. The van der Waals surface area contributed by atoms with E-state index in [1.807, 2.05) is 18.7 Å². The Hall–Kier alpha value is -1.25. The van der Waals surface area contributed by atoms with Crippen LogP contribution < -0.4 is 5.73 Å². The van der Waals surface area contributed by atoms with E-state index in [-0.39, 0.29) is 11.5 Å². The summed E-state index contributed by atoms with van der Waals surface area (Å²) in [5.41, 5.74) is 10.1. The van der Waals surface area contributed by atoms with Crippen molar-refractivity contribution < 1.29 is 0 Å². The van der Waals surface area contributed by atoms with Crippen LogP contribution in [0, 0.1) is 0 Å². The van der Waals surface area contributed by atoms with Crippen LogP contribution in [0.4, 0.5) is 0 Å². The molecule has 0 heterocycles. The van der Waals surface area contributed by atoms with Crippen molar-refractivity contribution in [2.24, 2.45) is 5.73 Å². The molecule has 0 saturated heterocycles. The van der Waals surface area contributed by atoms with Gasteiger partial charge in [-0.15, -0.1) is 11.8 Å². The first kappa shape index (κ1) is 16.1. The number of rotatable bonds is 4. The van der Waals surface area contributed by atoms with Crippen LogP contribution in [0.5, 0.6) is 0 Å². The van der Waals surface area contributed by atoms with Crippen LogP contribution in [0.1, 0.15) is 50.4 Å². The minimum Gasteiger partial charge on any atom is -0.324 e. The molecule has 0 radical (unpaired) electrons. The monoisotopic (exact) mass is 299 g/mol. The summed E-state index contributed by atoms with van der Waals surface area (Å²) in [5, 5.41) is 0. The molecule has 112 valence electrons. The number of hydrogen-bond donors (Lipinski definition) is 1. The zero-order valence-corrected chi connectivity index (χ0v) is 14.2. The zero-order valence-electron chi connectivity index (χ0n) is 13.4. The molecule has 0 amide bonds. The Kier molecular flexibility index (Phi) is 5.13. The van der Waals surface area contributed by atoms with E-state index in [4.69, 9.17) is 5.73 Å². The minimum absolute atomic E-state index is 0.0941. The normalized spacial score (nSPS) is 13.2. The van der Waals surface area contributed by atoms with Crippen LogP contribution in [-0.2, 0) is 11.2 Å². The molecule has 2 heteroatoms. The van der Waals surface area contributed by atoms with Gasteiger partial charge >= 0.3 is 0 Å². The fourth-order valence-corrected chi connectivity index (χ4v) is 3.08. The van der Waals surface area contributed by atoms with Gasteiger partial charge in [-0.3, -0.25) is 0 Å². The first-order valence-electron chi connectivity index (χ1n) is 7.44. The summed E-state index contributed by atoms with van der Waals surface area (Å²) < 4.78 is 0. The third-order valence-corrected chi connectivity index (χ3v) is 4.67. The second kappa shape index (κ2) is 6.67. The van der Waals surface area contributed by atoms with Crippen molar-refractivity contribution in [3.05, 3.63) is 65.2 Å². The van der Waals surface area contributed by atoms with Crippen LogP contribution in [0.15, 0.2) is 53.4 Å².